The molecule has 1 fully saturated rings. The minimum atomic E-state index is 0.157. The molecule has 24 heavy (non-hydrogen) atoms. The van der Waals surface area contributed by atoms with Crippen LogP contribution in [0.2, 0.25) is 0 Å². The van der Waals surface area contributed by atoms with Gasteiger partial charge in [0.2, 0.25) is 5.91 Å². The van der Waals surface area contributed by atoms with E-state index in [2.05, 4.69) is 40.2 Å². The Morgan fingerprint density at radius 2 is 1.83 bits per heavy atom. The van der Waals surface area contributed by atoms with Crippen LogP contribution in [0.5, 0.6) is 0 Å². The van der Waals surface area contributed by atoms with Gasteiger partial charge >= 0.3 is 0 Å². The van der Waals surface area contributed by atoms with Crippen molar-refractivity contribution < 1.29 is 4.79 Å². The van der Waals surface area contributed by atoms with E-state index in [-0.39, 0.29) is 5.92 Å². The van der Waals surface area contributed by atoms with Gasteiger partial charge < -0.3 is 4.90 Å². The Balaban J connectivity index is 1.47. The predicted molar refractivity (Wildman–Crippen MR) is 95.3 cm³/mol. The van der Waals surface area contributed by atoms with E-state index < -0.39 is 0 Å². The van der Waals surface area contributed by atoms with Crippen LogP contribution in [-0.4, -0.2) is 28.9 Å². The lowest BCUT2D eigenvalue weighted by Gasteiger charge is -2.40. The number of carbonyl (C=O) groups excluding carboxylic acids is 1. The molecule has 2 aromatic rings. The van der Waals surface area contributed by atoms with Gasteiger partial charge in [0.05, 0.1) is 0 Å². The second-order valence-electron chi connectivity index (χ2n) is 6.71. The van der Waals surface area contributed by atoms with Crippen molar-refractivity contribution in [1.82, 2.24) is 9.88 Å². The summed E-state index contributed by atoms with van der Waals surface area (Å²) in [5.74, 6) is 0.882. The molecule has 2 unspecified atom stereocenters. The molecule has 0 saturated heterocycles. The van der Waals surface area contributed by atoms with Crippen molar-refractivity contribution >= 4 is 11.5 Å². The van der Waals surface area contributed by atoms with Gasteiger partial charge in [-0.05, 0) is 54.0 Å². The Hall–Kier alpha value is -2.42. The van der Waals surface area contributed by atoms with Crippen LogP contribution in [0.25, 0.3) is 5.57 Å². The smallest absolute Gasteiger partial charge is 0.226 e. The van der Waals surface area contributed by atoms with Crippen molar-refractivity contribution in [3.05, 3.63) is 72.1 Å². The fourth-order valence-electron chi connectivity index (χ4n) is 3.84. The Morgan fingerprint density at radius 3 is 2.54 bits per heavy atom. The van der Waals surface area contributed by atoms with Crippen LogP contribution < -0.4 is 0 Å². The van der Waals surface area contributed by atoms with Crippen molar-refractivity contribution in [2.75, 3.05) is 13.1 Å². The monoisotopic (exact) mass is 318 g/mol. The molecule has 122 valence electrons. The molecule has 2 heterocycles. The number of aromatic nitrogens is 1. The summed E-state index contributed by atoms with van der Waals surface area (Å²) in [4.78, 5) is 19.2. The fourth-order valence-corrected chi connectivity index (χ4v) is 3.84. The van der Waals surface area contributed by atoms with Crippen molar-refractivity contribution in [3.8, 4) is 0 Å². The number of rotatable bonds is 3. The number of amides is 1. The van der Waals surface area contributed by atoms with Gasteiger partial charge in [0.25, 0.3) is 0 Å². The van der Waals surface area contributed by atoms with Gasteiger partial charge in [0.1, 0.15) is 0 Å². The zero-order valence-electron chi connectivity index (χ0n) is 13.8. The zero-order valence-corrected chi connectivity index (χ0v) is 13.8. The Bertz CT molecular complexity index is 739. The van der Waals surface area contributed by atoms with Gasteiger partial charge in [-0.2, -0.15) is 0 Å². The minimum Gasteiger partial charge on any atom is -0.338 e. The average molecular weight is 318 g/mol. The lowest BCUT2D eigenvalue weighted by molar-refractivity contribution is -0.138. The molecule has 0 radical (unpaired) electrons. The number of hydrogen-bond donors (Lipinski definition) is 0. The standard InChI is InChI=1S/C21H22N2O/c24-21(20-9-8-19(20)17-5-2-1-3-6-17)23-14-4-7-18(15-23)16-10-12-22-13-11-16/h1-3,5-7,10-13,19-20H,4,8-9,14-15H2. The Labute approximate surface area is 143 Å². The van der Waals surface area contributed by atoms with Gasteiger partial charge in [-0.3, -0.25) is 9.78 Å². The summed E-state index contributed by atoms with van der Waals surface area (Å²) in [5.41, 5.74) is 3.73. The van der Waals surface area contributed by atoms with E-state index in [4.69, 9.17) is 0 Å². The molecule has 1 saturated carbocycles. The predicted octanol–water partition coefficient (Wildman–Crippen LogP) is 3.89. The largest absolute Gasteiger partial charge is 0.338 e. The van der Waals surface area contributed by atoms with E-state index in [1.807, 2.05) is 30.6 Å². The lowest BCUT2D eigenvalue weighted by atomic mass is 9.69. The van der Waals surface area contributed by atoms with Crippen molar-refractivity contribution in [1.29, 1.82) is 0 Å². The maximum Gasteiger partial charge on any atom is 0.226 e. The molecule has 3 heteroatoms. The summed E-state index contributed by atoms with van der Waals surface area (Å²) >= 11 is 0. The fraction of sp³-hybridized carbons (Fsp3) is 0.333. The molecule has 0 spiro atoms. The second kappa shape index (κ2) is 6.60. The molecule has 1 amide bonds. The van der Waals surface area contributed by atoms with E-state index in [1.54, 1.807) is 0 Å². The Morgan fingerprint density at radius 1 is 1.04 bits per heavy atom. The van der Waals surface area contributed by atoms with E-state index >= 15 is 0 Å². The third-order valence-electron chi connectivity index (χ3n) is 5.33. The highest BCUT2D eigenvalue weighted by atomic mass is 16.2. The van der Waals surface area contributed by atoms with Gasteiger partial charge in [-0.1, -0.05) is 36.4 Å². The highest BCUT2D eigenvalue weighted by Gasteiger charge is 2.39. The molecule has 1 aromatic carbocycles. The van der Waals surface area contributed by atoms with Crippen LogP contribution in [0, 0.1) is 5.92 Å². The molecular weight excluding hydrogens is 296 g/mol. The topological polar surface area (TPSA) is 33.2 Å². The highest BCUT2D eigenvalue weighted by molar-refractivity contribution is 5.83. The molecule has 0 N–H and O–H groups in total. The van der Waals surface area contributed by atoms with E-state index in [0.717, 1.165) is 32.4 Å². The number of benzene rings is 1. The number of hydrogen-bond acceptors (Lipinski definition) is 2. The van der Waals surface area contributed by atoms with Gasteiger partial charge in [-0.25, -0.2) is 0 Å². The third-order valence-corrected chi connectivity index (χ3v) is 5.33. The summed E-state index contributed by atoms with van der Waals surface area (Å²) in [5, 5.41) is 0. The first-order valence-corrected chi connectivity index (χ1v) is 8.76. The van der Waals surface area contributed by atoms with E-state index in [1.165, 1.54) is 16.7 Å². The summed E-state index contributed by atoms with van der Waals surface area (Å²) < 4.78 is 0. The highest BCUT2D eigenvalue weighted by Crippen LogP contribution is 2.43. The first-order valence-electron chi connectivity index (χ1n) is 8.76. The summed E-state index contributed by atoms with van der Waals surface area (Å²) in [6, 6.07) is 14.5. The number of pyridine rings is 1. The van der Waals surface area contributed by atoms with Crippen LogP contribution >= 0.6 is 0 Å². The van der Waals surface area contributed by atoms with Crippen molar-refractivity contribution in [3.63, 3.8) is 0 Å². The maximum atomic E-state index is 13.0. The second-order valence-corrected chi connectivity index (χ2v) is 6.71. The molecular formula is C21H22N2O. The first kappa shape index (κ1) is 15.1. The van der Waals surface area contributed by atoms with Gasteiger partial charge in [-0.15, -0.1) is 0 Å². The summed E-state index contributed by atoms with van der Waals surface area (Å²) in [6.07, 6.45) is 8.97. The SMILES string of the molecule is O=C(C1CCC1c1ccccc1)N1CCC=C(c2ccncc2)C1. The maximum absolute atomic E-state index is 13.0. The quantitative estimate of drug-likeness (QED) is 0.860. The Kier molecular flexibility index (Phi) is 4.16. The lowest BCUT2D eigenvalue weighted by Crippen LogP contribution is -2.44. The molecule has 2 atom stereocenters. The van der Waals surface area contributed by atoms with E-state index in [0.29, 0.717) is 11.8 Å². The first-order chi connectivity index (χ1) is 11.8. The molecule has 3 nitrogen and oxygen atoms in total. The van der Waals surface area contributed by atoms with Crippen molar-refractivity contribution in [2.24, 2.45) is 5.92 Å². The van der Waals surface area contributed by atoms with Gasteiger partial charge in [0, 0.05) is 31.4 Å². The minimum absolute atomic E-state index is 0.157. The zero-order chi connectivity index (χ0) is 16.4. The van der Waals surface area contributed by atoms with Crippen LogP contribution in [0.4, 0.5) is 0 Å². The van der Waals surface area contributed by atoms with Crippen LogP contribution in [-0.2, 0) is 4.79 Å². The van der Waals surface area contributed by atoms with Crippen LogP contribution in [0.1, 0.15) is 36.3 Å². The number of nitrogens with zero attached hydrogens (tertiary/aromatic N) is 2. The molecule has 1 aliphatic heterocycles. The summed E-state index contributed by atoms with van der Waals surface area (Å²) in [6.45, 7) is 1.56. The summed E-state index contributed by atoms with van der Waals surface area (Å²) in [7, 11) is 0. The average Bonchev–Trinajstić information content (AvgIpc) is 2.62. The van der Waals surface area contributed by atoms with Crippen molar-refractivity contribution in [2.45, 2.75) is 25.2 Å². The molecule has 2 aliphatic rings. The van der Waals surface area contributed by atoms with Gasteiger partial charge in [0.15, 0.2) is 0 Å². The molecule has 1 aromatic heterocycles. The third kappa shape index (κ3) is 2.86. The molecule has 1 aliphatic carbocycles. The van der Waals surface area contributed by atoms with Crippen LogP contribution in [0.15, 0.2) is 60.9 Å². The number of carbonyl (C=O) groups is 1. The van der Waals surface area contributed by atoms with E-state index in [9.17, 15) is 4.79 Å². The normalized spacial score (nSPS) is 23.3. The molecule has 4 rings (SSSR count). The van der Waals surface area contributed by atoms with Crippen LogP contribution in [0.3, 0.4) is 0 Å². The molecule has 0 bridgehead atoms.